The number of aliphatic hydroxyl groups excluding tert-OH is 1. The zero-order valence-electron chi connectivity index (χ0n) is 7.80. The first-order valence-corrected chi connectivity index (χ1v) is 4.20. The summed E-state index contributed by atoms with van der Waals surface area (Å²) >= 11 is 0. The van der Waals surface area contributed by atoms with Gasteiger partial charge >= 0.3 is 0 Å². The van der Waals surface area contributed by atoms with Crippen LogP contribution in [0.2, 0.25) is 0 Å². The highest BCUT2D eigenvalue weighted by atomic mass is 16.6. The molecule has 0 amide bonds. The standard InChI is InChI=1S/C9H12N2O3/c1-6-3-2-4-7(8(12)5-10)9(6)11(13)14/h2-4,8,12H,5,10H2,1H3. The van der Waals surface area contributed by atoms with E-state index in [1.807, 2.05) is 0 Å². The number of aliphatic hydroxyl groups is 1. The fraction of sp³-hybridized carbons (Fsp3) is 0.333. The van der Waals surface area contributed by atoms with E-state index in [0.29, 0.717) is 5.56 Å². The Morgan fingerprint density at radius 2 is 2.29 bits per heavy atom. The predicted molar refractivity (Wildman–Crippen MR) is 51.8 cm³/mol. The Labute approximate surface area is 81.3 Å². The van der Waals surface area contributed by atoms with Gasteiger partial charge in [0.05, 0.1) is 16.6 Å². The van der Waals surface area contributed by atoms with Crippen LogP contribution in [0.25, 0.3) is 0 Å². The number of nitro groups is 1. The van der Waals surface area contributed by atoms with Gasteiger partial charge in [-0.25, -0.2) is 0 Å². The summed E-state index contributed by atoms with van der Waals surface area (Å²) in [5, 5.41) is 20.2. The maximum atomic E-state index is 10.7. The number of aryl methyl sites for hydroxylation is 1. The molecule has 0 radical (unpaired) electrons. The molecule has 1 aromatic carbocycles. The molecule has 0 saturated carbocycles. The number of benzene rings is 1. The molecule has 1 unspecified atom stereocenters. The average Bonchev–Trinajstić information content (AvgIpc) is 2.15. The second kappa shape index (κ2) is 4.17. The van der Waals surface area contributed by atoms with Gasteiger partial charge in [-0.15, -0.1) is 0 Å². The molecule has 0 spiro atoms. The van der Waals surface area contributed by atoms with Crippen LogP contribution in [0.15, 0.2) is 18.2 Å². The summed E-state index contributed by atoms with van der Waals surface area (Å²) in [6.07, 6.45) is -0.977. The highest BCUT2D eigenvalue weighted by Gasteiger charge is 2.21. The molecule has 0 bridgehead atoms. The minimum atomic E-state index is -0.977. The highest BCUT2D eigenvalue weighted by Crippen LogP contribution is 2.27. The average molecular weight is 196 g/mol. The number of nitro benzene ring substituents is 1. The van der Waals surface area contributed by atoms with Crippen LogP contribution in [0, 0.1) is 17.0 Å². The summed E-state index contributed by atoms with van der Waals surface area (Å²) in [7, 11) is 0. The Balaban J connectivity index is 3.28. The van der Waals surface area contributed by atoms with Crippen molar-refractivity contribution < 1.29 is 10.0 Å². The van der Waals surface area contributed by atoms with E-state index < -0.39 is 11.0 Å². The lowest BCUT2D eigenvalue weighted by Crippen LogP contribution is -2.13. The van der Waals surface area contributed by atoms with Gasteiger partial charge in [0, 0.05) is 12.1 Å². The van der Waals surface area contributed by atoms with Crippen molar-refractivity contribution in [2.24, 2.45) is 5.73 Å². The van der Waals surface area contributed by atoms with E-state index >= 15 is 0 Å². The number of nitrogens with two attached hydrogens (primary N) is 1. The molecular formula is C9H12N2O3. The lowest BCUT2D eigenvalue weighted by Gasteiger charge is -2.09. The summed E-state index contributed by atoms with van der Waals surface area (Å²) in [4.78, 5) is 10.2. The maximum absolute atomic E-state index is 10.7. The lowest BCUT2D eigenvalue weighted by atomic mass is 10.0. The molecule has 0 heterocycles. The highest BCUT2D eigenvalue weighted by molar-refractivity contribution is 5.48. The third kappa shape index (κ3) is 1.89. The fourth-order valence-corrected chi connectivity index (χ4v) is 1.33. The van der Waals surface area contributed by atoms with Crippen LogP contribution < -0.4 is 5.73 Å². The molecule has 0 fully saturated rings. The largest absolute Gasteiger partial charge is 0.387 e. The van der Waals surface area contributed by atoms with Crippen molar-refractivity contribution >= 4 is 5.69 Å². The summed E-state index contributed by atoms with van der Waals surface area (Å²) < 4.78 is 0. The van der Waals surface area contributed by atoms with Crippen molar-refractivity contribution in [3.8, 4) is 0 Å². The molecule has 3 N–H and O–H groups in total. The lowest BCUT2D eigenvalue weighted by molar-refractivity contribution is -0.386. The molecule has 1 atom stereocenters. The van der Waals surface area contributed by atoms with Crippen molar-refractivity contribution in [3.05, 3.63) is 39.4 Å². The number of nitrogens with zero attached hydrogens (tertiary/aromatic N) is 1. The predicted octanol–water partition coefficient (Wildman–Crippen LogP) is 0.895. The normalized spacial score (nSPS) is 12.5. The molecule has 5 nitrogen and oxygen atoms in total. The van der Waals surface area contributed by atoms with Gasteiger partial charge in [-0.1, -0.05) is 12.1 Å². The Morgan fingerprint density at radius 1 is 1.64 bits per heavy atom. The van der Waals surface area contributed by atoms with Crippen LogP contribution in [-0.2, 0) is 0 Å². The Kier molecular flexibility index (Phi) is 3.16. The minimum Gasteiger partial charge on any atom is -0.387 e. The van der Waals surface area contributed by atoms with E-state index in [1.54, 1.807) is 19.1 Å². The molecular weight excluding hydrogens is 184 g/mol. The van der Waals surface area contributed by atoms with E-state index in [1.165, 1.54) is 6.07 Å². The SMILES string of the molecule is Cc1cccc(C(O)CN)c1[N+](=O)[O-]. The molecule has 0 saturated heterocycles. The van der Waals surface area contributed by atoms with Crippen LogP contribution in [0.1, 0.15) is 17.2 Å². The van der Waals surface area contributed by atoms with Gasteiger partial charge < -0.3 is 10.8 Å². The first-order chi connectivity index (χ1) is 6.57. The van der Waals surface area contributed by atoms with Crippen molar-refractivity contribution in [1.82, 2.24) is 0 Å². The Bertz CT molecular complexity index is 352. The summed E-state index contributed by atoms with van der Waals surface area (Å²) in [5.74, 6) is 0. The third-order valence-corrected chi connectivity index (χ3v) is 2.03. The quantitative estimate of drug-likeness (QED) is 0.555. The van der Waals surface area contributed by atoms with Gasteiger partial charge in [-0.3, -0.25) is 10.1 Å². The number of para-hydroxylation sites is 1. The van der Waals surface area contributed by atoms with Gasteiger partial charge in [-0.2, -0.15) is 0 Å². The number of rotatable bonds is 3. The molecule has 0 aliphatic heterocycles. The van der Waals surface area contributed by atoms with E-state index in [0.717, 1.165) is 0 Å². The topological polar surface area (TPSA) is 89.4 Å². The smallest absolute Gasteiger partial charge is 0.278 e. The monoisotopic (exact) mass is 196 g/mol. The molecule has 14 heavy (non-hydrogen) atoms. The second-order valence-corrected chi connectivity index (χ2v) is 3.02. The van der Waals surface area contributed by atoms with Gasteiger partial charge in [0.25, 0.3) is 5.69 Å². The zero-order valence-corrected chi connectivity index (χ0v) is 7.80. The van der Waals surface area contributed by atoms with E-state index in [4.69, 9.17) is 5.73 Å². The zero-order chi connectivity index (χ0) is 10.7. The minimum absolute atomic E-state index is 0.0235. The molecule has 0 aromatic heterocycles. The number of hydrogen-bond donors (Lipinski definition) is 2. The molecule has 1 aromatic rings. The Hall–Kier alpha value is -1.46. The van der Waals surface area contributed by atoms with Crippen molar-refractivity contribution in [2.45, 2.75) is 13.0 Å². The van der Waals surface area contributed by atoms with Gasteiger partial charge in [0.2, 0.25) is 0 Å². The van der Waals surface area contributed by atoms with Crippen LogP contribution in [0.4, 0.5) is 5.69 Å². The van der Waals surface area contributed by atoms with E-state index in [-0.39, 0.29) is 17.8 Å². The molecule has 1 rings (SSSR count). The maximum Gasteiger partial charge on any atom is 0.278 e. The summed E-state index contributed by atoms with van der Waals surface area (Å²) in [6, 6.07) is 4.81. The van der Waals surface area contributed by atoms with Crippen LogP contribution in [0.3, 0.4) is 0 Å². The van der Waals surface area contributed by atoms with E-state index in [2.05, 4.69) is 0 Å². The molecule has 0 aliphatic carbocycles. The fourth-order valence-electron chi connectivity index (χ4n) is 1.33. The van der Waals surface area contributed by atoms with Crippen molar-refractivity contribution in [2.75, 3.05) is 6.54 Å². The van der Waals surface area contributed by atoms with Crippen LogP contribution in [-0.4, -0.2) is 16.6 Å². The molecule has 5 heteroatoms. The molecule has 76 valence electrons. The first-order valence-electron chi connectivity index (χ1n) is 4.20. The number of hydrogen-bond acceptors (Lipinski definition) is 4. The summed E-state index contributed by atoms with van der Waals surface area (Å²) in [5.41, 5.74) is 6.00. The van der Waals surface area contributed by atoms with Crippen molar-refractivity contribution in [1.29, 1.82) is 0 Å². The van der Waals surface area contributed by atoms with Gasteiger partial charge in [0.15, 0.2) is 0 Å². The first kappa shape index (κ1) is 10.6. The van der Waals surface area contributed by atoms with Crippen molar-refractivity contribution in [3.63, 3.8) is 0 Å². The van der Waals surface area contributed by atoms with Crippen LogP contribution in [0.5, 0.6) is 0 Å². The van der Waals surface area contributed by atoms with Gasteiger partial charge in [0.1, 0.15) is 0 Å². The summed E-state index contributed by atoms with van der Waals surface area (Å²) in [6.45, 7) is 1.61. The van der Waals surface area contributed by atoms with E-state index in [9.17, 15) is 15.2 Å². The Morgan fingerprint density at radius 3 is 2.79 bits per heavy atom. The van der Waals surface area contributed by atoms with Crippen LogP contribution >= 0.6 is 0 Å². The third-order valence-electron chi connectivity index (χ3n) is 2.03. The van der Waals surface area contributed by atoms with Gasteiger partial charge in [-0.05, 0) is 13.0 Å². The molecule has 0 aliphatic rings. The second-order valence-electron chi connectivity index (χ2n) is 3.02.